The van der Waals surface area contributed by atoms with Crippen molar-refractivity contribution >= 4 is 23.4 Å². The third-order valence-corrected chi connectivity index (χ3v) is 3.72. The molecule has 1 aromatic carbocycles. The van der Waals surface area contributed by atoms with E-state index in [0.717, 1.165) is 17.1 Å². The van der Waals surface area contributed by atoms with Gasteiger partial charge in [0.2, 0.25) is 11.8 Å². The van der Waals surface area contributed by atoms with Gasteiger partial charge in [0.15, 0.2) is 0 Å². The number of benzene rings is 1. The van der Waals surface area contributed by atoms with Crippen LogP contribution in [0.25, 0.3) is 0 Å². The maximum Gasteiger partial charge on any atom is 0.263 e. The molecule has 2 aliphatic heterocycles. The monoisotopic (exact) mass is 307 g/mol. The Bertz CT molecular complexity index is 859. The number of hydrogen-bond acceptors (Lipinski definition) is 6. The van der Waals surface area contributed by atoms with Gasteiger partial charge in [-0.1, -0.05) is 12.1 Å². The van der Waals surface area contributed by atoms with Crippen molar-refractivity contribution in [1.82, 2.24) is 15.2 Å². The van der Waals surface area contributed by atoms with Crippen LogP contribution in [0, 0.1) is 0 Å². The summed E-state index contributed by atoms with van der Waals surface area (Å²) < 4.78 is 0. The number of aromatic nitrogens is 1. The van der Waals surface area contributed by atoms with E-state index < -0.39 is 5.91 Å². The highest BCUT2D eigenvalue weighted by molar-refractivity contribution is 6.19. The van der Waals surface area contributed by atoms with Crippen LogP contribution in [0.2, 0.25) is 0 Å². The van der Waals surface area contributed by atoms with Gasteiger partial charge < -0.3 is 5.11 Å². The number of carbonyl (C=O) groups is 1. The molecule has 3 heterocycles. The first-order valence-electron chi connectivity index (χ1n) is 7.19. The lowest BCUT2D eigenvalue weighted by Crippen LogP contribution is -2.47. The van der Waals surface area contributed by atoms with Crippen molar-refractivity contribution in [2.75, 3.05) is 13.1 Å². The lowest BCUT2D eigenvalue weighted by molar-refractivity contribution is 0.0971. The Morgan fingerprint density at radius 1 is 1.22 bits per heavy atom. The van der Waals surface area contributed by atoms with Gasteiger partial charge in [-0.15, -0.1) is 0 Å². The lowest BCUT2D eigenvalue weighted by Gasteiger charge is -2.27. The third-order valence-electron chi connectivity index (χ3n) is 3.72. The summed E-state index contributed by atoms with van der Waals surface area (Å²) >= 11 is 0. The molecule has 0 aliphatic carbocycles. The number of guanidine groups is 1. The molecule has 0 radical (unpaired) electrons. The zero-order chi connectivity index (χ0) is 15.8. The van der Waals surface area contributed by atoms with Crippen LogP contribution in [0.5, 0.6) is 5.88 Å². The number of carbonyl (C=O) groups excluding carboxylic acids is 1. The fourth-order valence-corrected chi connectivity index (χ4v) is 2.66. The molecule has 4 rings (SSSR count). The van der Waals surface area contributed by atoms with Crippen molar-refractivity contribution in [3.63, 3.8) is 0 Å². The molecule has 7 heteroatoms. The Hall–Kier alpha value is -3.22. The normalized spacial score (nSPS) is 15.4. The van der Waals surface area contributed by atoms with E-state index in [1.165, 1.54) is 12.3 Å². The molecule has 0 saturated heterocycles. The van der Waals surface area contributed by atoms with E-state index in [1.54, 1.807) is 6.07 Å². The van der Waals surface area contributed by atoms with Gasteiger partial charge in [0.25, 0.3) is 5.91 Å². The van der Waals surface area contributed by atoms with Gasteiger partial charge in [0, 0.05) is 18.3 Å². The van der Waals surface area contributed by atoms with Crippen LogP contribution in [0.1, 0.15) is 15.9 Å². The fourth-order valence-electron chi connectivity index (χ4n) is 2.66. The summed E-state index contributed by atoms with van der Waals surface area (Å²) in [5.74, 6) is 0.451. The van der Waals surface area contributed by atoms with Crippen LogP contribution in [0.3, 0.4) is 0 Å². The molecule has 7 nitrogen and oxygen atoms in total. The number of nitrogens with one attached hydrogen (secondary N) is 1. The summed E-state index contributed by atoms with van der Waals surface area (Å²) in [4.78, 5) is 27.0. The summed E-state index contributed by atoms with van der Waals surface area (Å²) in [5.41, 5.74) is 1.81. The molecule has 2 aromatic rings. The van der Waals surface area contributed by atoms with Crippen LogP contribution in [0.15, 0.2) is 52.6 Å². The number of amidine groups is 1. The molecule has 0 spiro atoms. The average Bonchev–Trinajstić information content (AvgIpc) is 3.05. The van der Waals surface area contributed by atoms with E-state index in [1.807, 2.05) is 29.2 Å². The van der Waals surface area contributed by atoms with Crippen molar-refractivity contribution in [2.45, 2.75) is 0 Å². The number of pyridine rings is 1. The van der Waals surface area contributed by atoms with Crippen LogP contribution in [0.4, 0.5) is 5.69 Å². The summed E-state index contributed by atoms with van der Waals surface area (Å²) in [5, 5.41) is 12.5. The Morgan fingerprint density at radius 3 is 2.96 bits per heavy atom. The van der Waals surface area contributed by atoms with E-state index in [0.29, 0.717) is 19.0 Å². The summed E-state index contributed by atoms with van der Waals surface area (Å²) in [7, 11) is 0. The van der Waals surface area contributed by atoms with Crippen LogP contribution < -0.4 is 5.32 Å². The van der Waals surface area contributed by atoms with Crippen LogP contribution >= 0.6 is 0 Å². The second-order valence-corrected chi connectivity index (χ2v) is 5.14. The van der Waals surface area contributed by atoms with Gasteiger partial charge in [-0.05, 0) is 24.3 Å². The number of aromatic hydroxyl groups is 1. The van der Waals surface area contributed by atoms with E-state index >= 15 is 0 Å². The minimum Gasteiger partial charge on any atom is -0.493 e. The number of para-hydroxylation sites is 1. The second-order valence-electron chi connectivity index (χ2n) is 5.14. The highest BCUT2D eigenvalue weighted by Crippen LogP contribution is 2.27. The quantitative estimate of drug-likeness (QED) is 0.830. The number of fused-ring (bicyclic) bond motifs is 3. The molecule has 114 valence electrons. The Kier molecular flexibility index (Phi) is 3.04. The van der Waals surface area contributed by atoms with Crippen molar-refractivity contribution in [3.05, 3.63) is 53.7 Å². The Balaban J connectivity index is 1.70. The van der Waals surface area contributed by atoms with Crippen molar-refractivity contribution < 1.29 is 9.90 Å². The first kappa shape index (κ1) is 13.4. The molecule has 0 bridgehead atoms. The first-order valence-corrected chi connectivity index (χ1v) is 7.19. The molecular weight excluding hydrogens is 294 g/mol. The lowest BCUT2D eigenvalue weighted by atomic mass is 10.1. The Morgan fingerprint density at radius 2 is 2.09 bits per heavy atom. The number of rotatable bonds is 1. The van der Waals surface area contributed by atoms with Gasteiger partial charge >= 0.3 is 0 Å². The molecule has 0 unspecified atom stereocenters. The standard InChI is InChI=1S/C16H13N5O2/c22-14-11(5-3-7-18-14)15(23)20-16-19-12-6-2-1-4-10(12)13-17-8-9-21(13)16/h1-7H,8-9H2,(H,18,22)(H,19,20,23). The highest BCUT2D eigenvalue weighted by Gasteiger charge is 2.30. The van der Waals surface area contributed by atoms with Crippen LogP contribution in [-0.4, -0.2) is 45.8 Å². The summed E-state index contributed by atoms with van der Waals surface area (Å²) in [6.07, 6.45) is 1.42. The number of amides is 1. The minimum absolute atomic E-state index is 0.103. The number of aliphatic imine (C=N–C) groups is 2. The largest absolute Gasteiger partial charge is 0.493 e. The predicted octanol–water partition coefficient (Wildman–Crippen LogP) is 1.28. The molecule has 1 amide bonds. The first-order chi connectivity index (χ1) is 11.2. The zero-order valence-electron chi connectivity index (χ0n) is 12.1. The van der Waals surface area contributed by atoms with Gasteiger partial charge in [-0.3, -0.25) is 20.0 Å². The SMILES string of the molecule is O=C(NC1=Nc2ccccc2C2=NCCN12)c1cccnc1O. The molecule has 2 aliphatic rings. The van der Waals surface area contributed by atoms with E-state index in [-0.39, 0.29) is 11.4 Å². The maximum absolute atomic E-state index is 12.4. The van der Waals surface area contributed by atoms with Crippen molar-refractivity contribution in [1.29, 1.82) is 0 Å². The molecule has 0 fully saturated rings. The average molecular weight is 307 g/mol. The van der Waals surface area contributed by atoms with Gasteiger partial charge in [-0.25, -0.2) is 9.98 Å². The highest BCUT2D eigenvalue weighted by atomic mass is 16.3. The number of hydrogen-bond donors (Lipinski definition) is 2. The maximum atomic E-state index is 12.4. The molecular formula is C16H13N5O2. The predicted molar refractivity (Wildman–Crippen MR) is 85.0 cm³/mol. The molecule has 1 aromatic heterocycles. The van der Waals surface area contributed by atoms with E-state index in [2.05, 4.69) is 20.3 Å². The zero-order valence-corrected chi connectivity index (χ0v) is 12.1. The molecule has 0 atom stereocenters. The molecule has 0 saturated carbocycles. The topological polar surface area (TPSA) is 90.2 Å². The van der Waals surface area contributed by atoms with Crippen molar-refractivity contribution in [2.24, 2.45) is 9.98 Å². The number of nitrogens with zero attached hydrogens (tertiary/aromatic N) is 4. The van der Waals surface area contributed by atoms with Gasteiger partial charge in [-0.2, -0.15) is 0 Å². The van der Waals surface area contributed by atoms with Crippen LogP contribution in [-0.2, 0) is 0 Å². The van der Waals surface area contributed by atoms with Crippen molar-refractivity contribution in [3.8, 4) is 5.88 Å². The fraction of sp³-hybridized carbons (Fsp3) is 0.125. The summed E-state index contributed by atoms with van der Waals surface area (Å²) in [6, 6.07) is 10.8. The smallest absolute Gasteiger partial charge is 0.263 e. The van der Waals surface area contributed by atoms with Gasteiger partial charge in [0.05, 0.1) is 12.2 Å². The van der Waals surface area contributed by atoms with E-state index in [9.17, 15) is 9.90 Å². The minimum atomic E-state index is -0.458. The van der Waals surface area contributed by atoms with Gasteiger partial charge in [0.1, 0.15) is 11.4 Å². The third kappa shape index (κ3) is 2.22. The Labute approximate surface area is 132 Å². The molecule has 2 N–H and O–H groups in total. The summed E-state index contributed by atoms with van der Waals surface area (Å²) in [6.45, 7) is 1.30. The second kappa shape index (κ2) is 5.20. The molecule has 23 heavy (non-hydrogen) atoms. The van der Waals surface area contributed by atoms with E-state index in [4.69, 9.17) is 0 Å².